The first kappa shape index (κ1) is 26.2. The molecule has 2 aromatic carbocycles. The molecule has 1 aliphatic rings. The third kappa shape index (κ3) is 5.58. The van der Waals surface area contributed by atoms with E-state index >= 15 is 0 Å². The number of hydrogen-bond donors (Lipinski definition) is 3. The Kier molecular flexibility index (Phi) is 7.51. The maximum absolute atomic E-state index is 14.1. The zero-order valence-electron chi connectivity index (χ0n) is 21.0. The van der Waals surface area contributed by atoms with E-state index in [1.54, 1.807) is 36.5 Å². The van der Waals surface area contributed by atoms with Crippen molar-refractivity contribution in [2.75, 3.05) is 5.73 Å². The summed E-state index contributed by atoms with van der Waals surface area (Å²) in [5.74, 6) is -2.23. The molecule has 1 atom stereocenters. The van der Waals surface area contributed by atoms with Crippen LogP contribution in [0.5, 0.6) is 0 Å². The van der Waals surface area contributed by atoms with Crippen molar-refractivity contribution >= 4 is 45.8 Å². The van der Waals surface area contributed by atoms with Crippen molar-refractivity contribution in [3.8, 4) is 0 Å². The molecule has 1 aliphatic carbocycles. The Hall–Kier alpha value is -4.38. The SMILES string of the molecule is NC(=O)c1nsc(C(=O)N(Cc2ccc(F)cc2)C(C(=O)NC2CCCC2)c2ccc3ncccc3c2)c1N. The highest BCUT2D eigenvalue weighted by Crippen LogP contribution is 2.32. The molecule has 11 heteroatoms. The number of benzene rings is 2. The van der Waals surface area contributed by atoms with Gasteiger partial charge in [-0.3, -0.25) is 19.4 Å². The van der Waals surface area contributed by atoms with E-state index in [1.165, 1.54) is 17.0 Å². The molecule has 5 N–H and O–H groups in total. The molecule has 2 aromatic heterocycles. The Morgan fingerprint density at radius 3 is 2.54 bits per heavy atom. The van der Waals surface area contributed by atoms with Crippen LogP contribution < -0.4 is 16.8 Å². The Morgan fingerprint density at radius 2 is 1.85 bits per heavy atom. The largest absolute Gasteiger partial charge is 0.395 e. The van der Waals surface area contributed by atoms with E-state index in [0.29, 0.717) is 11.1 Å². The molecular formula is C28H27FN6O3S. The highest BCUT2D eigenvalue weighted by molar-refractivity contribution is 7.09. The molecule has 200 valence electrons. The number of fused-ring (bicyclic) bond motifs is 1. The van der Waals surface area contributed by atoms with Gasteiger partial charge in [-0.15, -0.1) is 0 Å². The predicted octanol–water partition coefficient (Wildman–Crippen LogP) is 3.95. The van der Waals surface area contributed by atoms with Crippen LogP contribution in [0.3, 0.4) is 0 Å². The fourth-order valence-corrected chi connectivity index (χ4v) is 5.67. The fourth-order valence-electron chi connectivity index (χ4n) is 4.91. The number of nitrogen functional groups attached to an aromatic ring is 1. The quantitative estimate of drug-likeness (QED) is 0.305. The van der Waals surface area contributed by atoms with Crippen molar-refractivity contribution in [2.24, 2.45) is 5.73 Å². The molecule has 0 radical (unpaired) electrons. The number of rotatable bonds is 8. The number of nitrogens with zero attached hydrogens (tertiary/aromatic N) is 3. The van der Waals surface area contributed by atoms with Gasteiger partial charge < -0.3 is 21.7 Å². The molecule has 39 heavy (non-hydrogen) atoms. The molecule has 9 nitrogen and oxygen atoms in total. The van der Waals surface area contributed by atoms with Gasteiger partial charge in [-0.25, -0.2) is 4.39 Å². The van der Waals surface area contributed by atoms with E-state index in [1.807, 2.05) is 12.1 Å². The van der Waals surface area contributed by atoms with Crippen LogP contribution in [-0.2, 0) is 11.3 Å². The second-order valence-corrected chi connectivity index (χ2v) is 10.3. The van der Waals surface area contributed by atoms with Crippen LogP contribution in [-0.4, -0.2) is 38.0 Å². The normalized spacial score (nSPS) is 14.3. The Labute approximate surface area is 228 Å². The molecule has 0 spiro atoms. The lowest BCUT2D eigenvalue weighted by molar-refractivity contribution is -0.126. The number of carbonyl (C=O) groups excluding carboxylic acids is 3. The molecule has 0 bridgehead atoms. The van der Waals surface area contributed by atoms with Gasteiger partial charge in [0.15, 0.2) is 5.69 Å². The number of primary amides is 1. The van der Waals surface area contributed by atoms with Crippen LogP contribution in [0.4, 0.5) is 10.1 Å². The Bertz CT molecular complexity index is 1530. The number of carbonyl (C=O) groups is 3. The van der Waals surface area contributed by atoms with E-state index in [2.05, 4.69) is 14.7 Å². The Balaban J connectivity index is 1.62. The second kappa shape index (κ2) is 11.2. The summed E-state index contributed by atoms with van der Waals surface area (Å²) in [7, 11) is 0. The molecule has 0 saturated heterocycles. The first-order chi connectivity index (χ1) is 18.8. The van der Waals surface area contributed by atoms with Gasteiger partial charge in [0.05, 0.1) is 11.2 Å². The van der Waals surface area contributed by atoms with Crippen LogP contribution in [0, 0.1) is 5.82 Å². The van der Waals surface area contributed by atoms with Crippen molar-refractivity contribution in [1.29, 1.82) is 0 Å². The summed E-state index contributed by atoms with van der Waals surface area (Å²) in [6.07, 6.45) is 5.43. The summed E-state index contributed by atoms with van der Waals surface area (Å²) in [6.45, 7) is -0.0316. The van der Waals surface area contributed by atoms with Crippen molar-refractivity contribution in [3.63, 3.8) is 0 Å². The van der Waals surface area contributed by atoms with Gasteiger partial charge in [0, 0.05) is 24.2 Å². The maximum Gasteiger partial charge on any atom is 0.270 e. The molecule has 1 saturated carbocycles. The summed E-state index contributed by atoms with van der Waals surface area (Å²) in [6, 6.07) is 13.7. The molecule has 4 aromatic rings. The minimum Gasteiger partial charge on any atom is -0.395 e. The van der Waals surface area contributed by atoms with Crippen molar-refractivity contribution in [1.82, 2.24) is 19.6 Å². The van der Waals surface area contributed by atoms with Gasteiger partial charge in [-0.05, 0) is 65.8 Å². The van der Waals surface area contributed by atoms with Gasteiger partial charge in [0.25, 0.3) is 11.8 Å². The third-order valence-corrected chi connectivity index (χ3v) is 7.74. The smallest absolute Gasteiger partial charge is 0.270 e. The van der Waals surface area contributed by atoms with Crippen LogP contribution in [0.15, 0.2) is 60.8 Å². The zero-order valence-corrected chi connectivity index (χ0v) is 21.8. The number of anilines is 1. The van der Waals surface area contributed by atoms with Gasteiger partial charge in [-0.1, -0.05) is 37.1 Å². The molecular weight excluding hydrogens is 519 g/mol. The number of nitrogens with one attached hydrogen (secondary N) is 1. The van der Waals surface area contributed by atoms with Gasteiger partial charge >= 0.3 is 0 Å². The monoisotopic (exact) mass is 546 g/mol. The summed E-state index contributed by atoms with van der Waals surface area (Å²) >= 11 is 0.745. The number of halogens is 1. The Morgan fingerprint density at radius 1 is 1.10 bits per heavy atom. The lowest BCUT2D eigenvalue weighted by atomic mass is 9.99. The molecule has 0 aliphatic heterocycles. The number of pyridine rings is 1. The number of amides is 3. The van der Waals surface area contributed by atoms with Crippen LogP contribution in [0.25, 0.3) is 10.9 Å². The zero-order chi connectivity index (χ0) is 27.5. The third-order valence-electron chi connectivity index (χ3n) is 6.89. The van der Waals surface area contributed by atoms with Gasteiger partial charge in [0.2, 0.25) is 5.91 Å². The molecule has 1 unspecified atom stereocenters. The summed E-state index contributed by atoms with van der Waals surface area (Å²) in [5, 5.41) is 3.92. The lowest BCUT2D eigenvalue weighted by Gasteiger charge is -2.32. The maximum atomic E-state index is 14.1. The number of aromatic nitrogens is 2. The minimum atomic E-state index is -1.06. The molecule has 3 amide bonds. The van der Waals surface area contributed by atoms with Crippen LogP contribution >= 0.6 is 11.5 Å². The predicted molar refractivity (Wildman–Crippen MR) is 146 cm³/mol. The highest BCUT2D eigenvalue weighted by Gasteiger charge is 2.36. The fraction of sp³-hybridized carbons (Fsp3) is 0.250. The second-order valence-electron chi connectivity index (χ2n) is 9.55. The standard InChI is InChI=1S/C28H27FN6O3S/c29-19-10-7-16(8-11-19)15-35(28(38)25-22(30)23(26(31)36)34-39-25)24(27(37)33-20-5-1-2-6-20)18-9-12-21-17(14-18)4-3-13-32-21/h3-4,7-14,20,24H,1-2,5-6,15,30H2,(H2,31,36)(H,33,37). The van der Waals surface area contributed by atoms with Crippen LogP contribution in [0.1, 0.15) is 63.0 Å². The highest BCUT2D eigenvalue weighted by atomic mass is 32.1. The first-order valence-electron chi connectivity index (χ1n) is 12.6. The molecule has 1 fully saturated rings. The summed E-state index contributed by atoms with van der Waals surface area (Å²) in [4.78, 5) is 45.6. The van der Waals surface area contributed by atoms with E-state index < -0.39 is 23.7 Å². The molecule has 5 rings (SSSR count). The van der Waals surface area contributed by atoms with E-state index in [-0.39, 0.29) is 34.8 Å². The summed E-state index contributed by atoms with van der Waals surface area (Å²) in [5.41, 5.74) is 13.1. The van der Waals surface area contributed by atoms with Crippen molar-refractivity contribution in [3.05, 3.63) is 88.3 Å². The number of nitrogens with two attached hydrogens (primary N) is 2. The minimum absolute atomic E-state index is 0.000153. The average molecular weight is 547 g/mol. The van der Waals surface area contributed by atoms with E-state index in [9.17, 15) is 18.8 Å². The van der Waals surface area contributed by atoms with E-state index in [0.717, 1.165) is 48.1 Å². The number of hydrogen-bond acceptors (Lipinski definition) is 7. The van der Waals surface area contributed by atoms with Gasteiger partial charge in [-0.2, -0.15) is 4.37 Å². The lowest BCUT2D eigenvalue weighted by Crippen LogP contribution is -2.45. The first-order valence-corrected chi connectivity index (χ1v) is 13.3. The summed E-state index contributed by atoms with van der Waals surface area (Å²) < 4.78 is 17.7. The van der Waals surface area contributed by atoms with Crippen molar-refractivity contribution in [2.45, 2.75) is 44.3 Å². The molecule has 2 heterocycles. The van der Waals surface area contributed by atoms with E-state index in [4.69, 9.17) is 11.5 Å². The van der Waals surface area contributed by atoms with Gasteiger partial charge in [0.1, 0.15) is 16.7 Å². The van der Waals surface area contributed by atoms with Crippen LogP contribution in [0.2, 0.25) is 0 Å². The van der Waals surface area contributed by atoms with Crippen molar-refractivity contribution < 1.29 is 18.8 Å². The topological polar surface area (TPSA) is 144 Å². The average Bonchev–Trinajstić information content (AvgIpc) is 3.58.